The smallest absolute Gasteiger partial charge is 0.164 e. The number of hydrogen-bond acceptors (Lipinski definition) is 2. The Labute approximate surface area is 94.7 Å². The molecule has 1 atom stereocenters. The van der Waals surface area contributed by atoms with E-state index in [1.54, 1.807) is 0 Å². The molecule has 0 aromatic rings. The third kappa shape index (κ3) is 6.91. The Morgan fingerprint density at radius 2 is 1.47 bits per heavy atom. The molecule has 0 amide bonds. The Kier molecular flexibility index (Phi) is 8.07. The van der Waals surface area contributed by atoms with Crippen LogP contribution in [0.25, 0.3) is 0 Å². The van der Waals surface area contributed by atoms with Crippen LogP contribution in [0.3, 0.4) is 0 Å². The van der Waals surface area contributed by atoms with Crippen LogP contribution in [-0.2, 0) is 0 Å². The van der Waals surface area contributed by atoms with Gasteiger partial charge in [-0.2, -0.15) is 0 Å². The van der Waals surface area contributed by atoms with Crippen LogP contribution < -0.4 is 0 Å². The maximum Gasteiger partial charge on any atom is 0.164 e. The molecule has 1 unspecified atom stereocenters. The maximum absolute atomic E-state index is 9.59. The van der Waals surface area contributed by atoms with Crippen LogP contribution in [0.15, 0.2) is 0 Å². The average molecular weight is 216 g/mol. The van der Waals surface area contributed by atoms with Crippen molar-refractivity contribution in [3.05, 3.63) is 0 Å². The van der Waals surface area contributed by atoms with E-state index < -0.39 is 5.79 Å². The summed E-state index contributed by atoms with van der Waals surface area (Å²) in [5.41, 5.74) is 0. The summed E-state index contributed by atoms with van der Waals surface area (Å²) in [6.07, 6.45) is 8.91. The maximum atomic E-state index is 9.59. The quantitative estimate of drug-likeness (QED) is 0.458. The van der Waals surface area contributed by atoms with Crippen molar-refractivity contribution in [2.75, 3.05) is 0 Å². The van der Waals surface area contributed by atoms with Gasteiger partial charge >= 0.3 is 0 Å². The molecule has 0 aliphatic heterocycles. The molecule has 15 heavy (non-hydrogen) atoms. The van der Waals surface area contributed by atoms with Crippen LogP contribution in [0.5, 0.6) is 0 Å². The van der Waals surface area contributed by atoms with Crippen molar-refractivity contribution < 1.29 is 10.2 Å². The zero-order valence-electron chi connectivity index (χ0n) is 10.6. The molecule has 0 rings (SSSR count). The molecule has 2 N–H and O–H groups in total. The van der Waals surface area contributed by atoms with Crippen LogP contribution in [-0.4, -0.2) is 16.0 Å². The van der Waals surface area contributed by atoms with Gasteiger partial charge in [0.2, 0.25) is 0 Å². The van der Waals surface area contributed by atoms with Crippen molar-refractivity contribution in [3.63, 3.8) is 0 Å². The van der Waals surface area contributed by atoms with Gasteiger partial charge in [-0.25, -0.2) is 0 Å². The molecular weight excluding hydrogens is 188 g/mol. The predicted molar refractivity (Wildman–Crippen MR) is 64.6 cm³/mol. The highest BCUT2D eigenvalue weighted by atomic mass is 16.5. The number of rotatable bonds is 9. The molecule has 0 fully saturated rings. The highest BCUT2D eigenvalue weighted by Gasteiger charge is 2.27. The molecule has 2 heteroatoms. The third-order valence-corrected chi connectivity index (χ3v) is 3.30. The molecule has 0 spiro atoms. The molecule has 0 aromatic carbocycles. The predicted octanol–water partition coefficient (Wildman–Crippen LogP) is 3.46. The molecular formula is C13H28O2. The highest BCUT2D eigenvalue weighted by Crippen LogP contribution is 2.23. The number of hydrogen-bond donors (Lipinski definition) is 2. The van der Waals surface area contributed by atoms with E-state index in [9.17, 15) is 10.2 Å². The summed E-state index contributed by atoms with van der Waals surface area (Å²) in [6, 6.07) is 0. The van der Waals surface area contributed by atoms with Crippen LogP contribution in [0, 0.1) is 5.92 Å². The van der Waals surface area contributed by atoms with E-state index in [0.29, 0.717) is 6.42 Å². The van der Waals surface area contributed by atoms with Crippen LogP contribution >= 0.6 is 0 Å². The van der Waals surface area contributed by atoms with Crippen molar-refractivity contribution in [2.24, 2.45) is 5.92 Å². The SMILES string of the molecule is CCCCCCCCC(C)C(O)(O)CC. The fourth-order valence-electron chi connectivity index (χ4n) is 1.81. The van der Waals surface area contributed by atoms with Gasteiger partial charge in [-0.05, 0) is 12.8 Å². The fourth-order valence-corrected chi connectivity index (χ4v) is 1.81. The average Bonchev–Trinajstić information content (AvgIpc) is 2.22. The van der Waals surface area contributed by atoms with Gasteiger partial charge < -0.3 is 10.2 Å². The first-order chi connectivity index (χ1) is 7.04. The molecule has 0 radical (unpaired) electrons. The Morgan fingerprint density at radius 3 is 2.00 bits per heavy atom. The van der Waals surface area contributed by atoms with Gasteiger partial charge in [-0.1, -0.05) is 59.3 Å². The van der Waals surface area contributed by atoms with Crippen molar-refractivity contribution in [3.8, 4) is 0 Å². The van der Waals surface area contributed by atoms with E-state index in [1.807, 2.05) is 13.8 Å². The van der Waals surface area contributed by atoms with Crippen LogP contribution in [0.1, 0.15) is 72.1 Å². The molecule has 0 saturated heterocycles. The van der Waals surface area contributed by atoms with E-state index in [1.165, 1.54) is 32.1 Å². The third-order valence-electron chi connectivity index (χ3n) is 3.30. The molecule has 0 aromatic heterocycles. The van der Waals surface area contributed by atoms with Gasteiger partial charge in [0.25, 0.3) is 0 Å². The van der Waals surface area contributed by atoms with Gasteiger partial charge in [-0.3, -0.25) is 0 Å². The summed E-state index contributed by atoms with van der Waals surface area (Å²) >= 11 is 0. The first-order valence-electron chi connectivity index (χ1n) is 6.49. The largest absolute Gasteiger partial charge is 0.365 e. The van der Waals surface area contributed by atoms with E-state index in [4.69, 9.17) is 0 Å². The second-order valence-corrected chi connectivity index (χ2v) is 4.69. The van der Waals surface area contributed by atoms with Gasteiger partial charge in [0.1, 0.15) is 0 Å². The second-order valence-electron chi connectivity index (χ2n) is 4.69. The Morgan fingerprint density at radius 1 is 0.933 bits per heavy atom. The molecule has 0 aliphatic carbocycles. The highest BCUT2D eigenvalue weighted by molar-refractivity contribution is 4.70. The van der Waals surface area contributed by atoms with E-state index in [0.717, 1.165) is 12.8 Å². The summed E-state index contributed by atoms with van der Waals surface area (Å²) in [7, 11) is 0. The Bertz CT molecular complexity index is 143. The first-order valence-corrected chi connectivity index (χ1v) is 6.49. The normalized spacial score (nSPS) is 14.2. The van der Waals surface area contributed by atoms with Gasteiger partial charge in [0, 0.05) is 5.92 Å². The van der Waals surface area contributed by atoms with E-state index in [2.05, 4.69) is 6.92 Å². The standard InChI is InChI=1S/C13H28O2/c1-4-6-7-8-9-10-11-12(3)13(14,15)5-2/h12,14-15H,4-11H2,1-3H3. The topological polar surface area (TPSA) is 40.5 Å². The lowest BCUT2D eigenvalue weighted by Gasteiger charge is -2.27. The van der Waals surface area contributed by atoms with Gasteiger partial charge in [0.05, 0.1) is 0 Å². The second kappa shape index (κ2) is 8.12. The van der Waals surface area contributed by atoms with E-state index in [-0.39, 0.29) is 5.92 Å². The monoisotopic (exact) mass is 216 g/mol. The summed E-state index contributed by atoms with van der Waals surface area (Å²) in [4.78, 5) is 0. The Hall–Kier alpha value is -0.0800. The lowest BCUT2D eigenvalue weighted by atomic mass is 9.92. The van der Waals surface area contributed by atoms with Gasteiger partial charge in [0.15, 0.2) is 5.79 Å². The molecule has 0 bridgehead atoms. The van der Waals surface area contributed by atoms with Crippen LogP contribution in [0.2, 0.25) is 0 Å². The number of aliphatic hydroxyl groups is 2. The fraction of sp³-hybridized carbons (Fsp3) is 1.00. The zero-order valence-corrected chi connectivity index (χ0v) is 10.6. The number of unbranched alkanes of at least 4 members (excludes halogenated alkanes) is 5. The molecule has 92 valence electrons. The molecule has 2 nitrogen and oxygen atoms in total. The van der Waals surface area contributed by atoms with Crippen molar-refractivity contribution in [1.29, 1.82) is 0 Å². The summed E-state index contributed by atoms with van der Waals surface area (Å²) in [5, 5.41) is 19.2. The van der Waals surface area contributed by atoms with Crippen LogP contribution in [0.4, 0.5) is 0 Å². The first kappa shape index (κ1) is 14.9. The van der Waals surface area contributed by atoms with Gasteiger partial charge in [-0.15, -0.1) is 0 Å². The van der Waals surface area contributed by atoms with E-state index >= 15 is 0 Å². The minimum absolute atomic E-state index is 0.00586. The lowest BCUT2D eigenvalue weighted by Crippen LogP contribution is -2.35. The van der Waals surface area contributed by atoms with Crippen molar-refractivity contribution in [1.82, 2.24) is 0 Å². The molecule has 0 heterocycles. The minimum Gasteiger partial charge on any atom is -0.365 e. The van der Waals surface area contributed by atoms with Crippen molar-refractivity contribution >= 4 is 0 Å². The summed E-state index contributed by atoms with van der Waals surface area (Å²) in [5.74, 6) is -1.46. The van der Waals surface area contributed by atoms with Crippen molar-refractivity contribution in [2.45, 2.75) is 77.9 Å². The zero-order chi connectivity index (χ0) is 11.7. The summed E-state index contributed by atoms with van der Waals surface area (Å²) in [6.45, 7) is 5.96. The molecule has 0 saturated carbocycles. The molecule has 0 aliphatic rings. The lowest BCUT2D eigenvalue weighted by molar-refractivity contribution is -0.199. The Balaban J connectivity index is 3.43. The minimum atomic E-state index is -1.45. The summed E-state index contributed by atoms with van der Waals surface area (Å²) < 4.78 is 0.